The molecule has 1 unspecified atom stereocenters. The number of nitrogens with zero attached hydrogens (tertiary/aromatic N) is 3. The maximum absolute atomic E-state index is 13.2. The number of alkyl halides is 3. The molecule has 0 bridgehead atoms. The number of nitrogens with one attached hydrogen (secondary N) is 1. The van der Waals surface area contributed by atoms with E-state index in [9.17, 15) is 27.9 Å². The molecule has 41 heavy (non-hydrogen) atoms. The Balaban J connectivity index is 1.51. The van der Waals surface area contributed by atoms with Crippen molar-refractivity contribution in [2.75, 3.05) is 25.0 Å². The molecule has 218 valence electrons. The lowest BCUT2D eigenvalue weighted by atomic mass is 9.94. The summed E-state index contributed by atoms with van der Waals surface area (Å²) in [5, 5.41) is 12.5. The molecule has 2 atom stereocenters. The lowest BCUT2D eigenvalue weighted by Gasteiger charge is -2.30. The van der Waals surface area contributed by atoms with Crippen LogP contribution in [-0.4, -0.2) is 57.7 Å². The number of ether oxygens (including phenoxy) is 1. The van der Waals surface area contributed by atoms with Gasteiger partial charge in [-0.3, -0.25) is 9.59 Å². The molecular formula is C30H33F3N4O4. The van der Waals surface area contributed by atoms with Crippen molar-refractivity contribution >= 4 is 17.6 Å². The van der Waals surface area contributed by atoms with Crippen LogP contribution >= 0.6 is 0 Å². The van der Waals surface area contributed by atoms with Gasteiger partial charge in [-0.15, -0.1) is 0 Å². The van der Waals surface area contributed by atoms with Gasteiger partial charge in [0.25, 0.3) is 5.91 Å². The Labute approximate surface area is 236 Å². The van der Waals surface area contributed by atoms with Gasteiger partial charge in [0.15, 0.2) is 0 Å². The third-order valence-electron chi connectivity index (χ3n) is 7.13. The van der Waals surface area contributed by atoms with Crippen LogP contribution in [0.5, 0.6) is 6.01 Å². The summed E-state index contributed by atoms with van der Waals surface area (Å²) >= 11 is 0. The number of rotatable bonds is 10. The topological polar surface area (TPSA) is 105 Å². The molecule has 0 saturated carbocycles. The first-order valence-electron chi connectivity index (χ1n) is 13.5. The van der Waals surface area contributed by atoms with E-state index in [1.165, 1.54) is 4.90 Å². The van der Waals surface area contributed by atoms with Crippen LogP contribution in [0.3, 0.4) is 0 Å². The summed E-state index contributed by atoms with van der Waals surface area (Å²) in [5.41, 5.74) is 4.07. The number of hydrogen-bond donors (Lipinski definition) is 2. The number of carbonyl (C=O) groups is 2. The largest absolute Gasteiger partial charge is 0.481 e. The quantitative estimate of drug-likeness (QED) is 0.296. The van der Waals surface area contributed by atoms with Crippen LogP contribution in [0, 0.1) is 12.8 Å². The molecule has 1 saturated heterocycles. The maximum Gasteiger partial charge on any atom is 0.389 e. The molecule has 2 N–H and O–H groups in total. The maximum atomic E-state index is 13.2. The highest BCUT2D eigenvalue weighted by atomic mass is 19.4. The molecule has 2 heterocycles. The van der Waals surface area contributed by atoms with Gasteiger partial charge in [0, 0.05) is 48.7 Å². The van der Waals surface area contributed by atoms with Gasteiger partial charge in [0.1, 0.15) is 0 Å². The van der Waals surface area contributed by atoms with Crippen molar-refractivity contribution in [2.24, 2.45) is 5.92 Å². The Bertz CT molecular complexity index is 1350. The lowest BCUT2D eigenvalue weighted by Crippen LogP contribution is -2.42. The van der Waals surface area contributed by atoms with Gasteiger partial charge in [-0.25, -0.2) is 9.97 Å². The highest BCUT2D eigenvalue weighted by Gasteiger charge is 2.30. The van der Waals surface area contributed by atoms with Crippen molar-refractivity contribution in [3.63, 3.8) is 0 Å². The summed E-state index contributed by atoms with van der Waals surface area (Å²) in [5.74, 6) is -1.76. The van der Waals surface area contributed by atoms with Crippen LogP contribution in [0.4, 0.5) is 18.9 Å². The van der Waals surface area contributed by atoms with Crippen LogP contribution < -0.4 is 10.1 Å². The monoisotopic (exact) mass is 570 g/mol. The van der Waals surface area contributed by atoms with Crippen LogP contribution in [0.15, 0.2) is 54.9 Å². The molecule has 4 rings (SSSR count). The van der Waals surface area contributed by atoms with Gasteiger partial charge < -0.3 is 20.1 Å². The SMILES string of the molecule is CCOc1ncc(-c2ccc(C(CCC(F)(F)F)Nc3ccc(C(=O)N4CCC[C@@H](C(=O)O)C4)cc3)c(C)c2)cn1. The average Bonchev–Trinajstić information content (AvgIpc) is 2.95. The number of anilines is 1. The Morgan fingerprint density at radius 3 is 2.44 bits per heavy atom. The number of aliphatic carboxylic acids is 1. The summed E-state index contributed by atoms with van der Waals surface area (Å²) in [7, 11) is 0. The molecule has 1 aliphatic heterocycles. The highest BCUT2D eigenvalue weighted by Crippen LogP contribution is 2.33. The molecule has 2 aromatic carbocycles. The molecule has 8 nitrogen and oxygen atoms in total. The minimum Gasteiger partial charge on any atom is -0.481 e. The fourth-order valence-corrected chi connectivity index (χ4v) is 4.98. The van der Waals surface area contributed by atoms with Crippen molar-refractivity contribution in [3.8, 4) is 17.1 Å². The van der Waals surface area contributed by atoms with E-state index in [2.05, 4.69) is 15.3 Å². The number of benzene rings is 2. The zero-order valence-corrected chi connectivity index (χ0v) is 22.9. The summed E-state index contributed by atoms with van der Waals surface area (Å²) in [6.07, 6.45) is -1.02. The summed E-state index contributed by atoms with van der Waals surface area (Å²) < 4.78 is 44.9. The minimum atomic E-state index is -4.31. The van der Waals surface area contributed by atoms with Crippen molar-refractivity contribution in [1.29, 1.82) is 0 Å². The lowest BCUT2D eigenvalue weighted by molar-refractivity contribution is -0.143. The second-order valence-electron chi connectivity index (χ2n) is 10.1. The van der Waals surface area contributed by atoms with Gasteiger partial charge >= 0.3 is 18.2 Å². The zero-order chi connectivity index (χ0) is 29.6. The number of aryl methyl sites for hydroxylation is 1. The Kier molecular flexibility index (Phi) is 9.46. The fraction of sp³-hybridized carbons (Fsp3) is 0.400. The summed E-state index contributed by atoms with van der Waals surface area (Å²) in [6.45, 7) is 4.78. The Hall–Kier alpha value is -4.15. The number of halogens is 3. The Morgan fingerprint density at radius 1 is 1.12 bits per heavy atom. The summed E-state index contributed by atoms with van der Waals surface area (Å²) in [4.78, 5) is 34.2. The first kappa shape index (κ1) is 29.8. The molecule has 1 aromatic heterocycles. The van der Waals surface area contributed by atoms with E-state index in [4.69, 9.17) is 4.74 Å². The van der Waals surface area contributed by atoms with Crippen molar-refractivity contribution < 1.29 is 32.6 Å². The standard InChI is InChI=1S/C30H33F3N4O4/c1-3-41-29-34-16-23(17-35-29)21-8-11-25(19(2)15-21)26(12-13-30(31,32)33)36-24-9-6-20(7-10-24)27(38)37-14-4-5-22(18-37)28(39)40/h6-11,15-17,22,26,36H,3-5,12-14,18H2,1-2H3,(H,39,40)/t22-,26?/m1/s1. The average molecular weight is 571 g/mol. The molecule has 0 spiro atoms. The molecule has 1 aliphatic rings. The van der Waals surface area contributed by atoms with Gasteiger partial charge in [-0.2, -0.15) is 13.2 Å². The second-order valence-corrected chi connectivity index (χ2v) is 10.1. The van der Waals surface area contributed by atoms with E-state index >= 15 is 0 Å². The van der Waals surface area contributed by atoms with E-state index in [0.717, 1.165) is 22.3 Å². The molecule has 0 aliphatic carbocycles. The molecule has 1 fully saturated rings. The normalized spacial score (nSPS) is 16.2. The molecule has 11 heteroatoms. The third kappa shape index (κ3) is 7.96. The number of amides is 1. The van der Waals surface area contributed by atoms with Crippen molar-refractivity contribution in [3.05, 3.63) is 71.5 Å². The van der Waals surface area contributed by atoms with E-state index in [1.54, 1.807) is 36.7 Å². The summed E-state index contributed by atoms with van der Waals surface area (Å²) in [6, 6.07) is 11.7. The minimum absolute atomic E-state index is 0.158. The fourth-order valence-electron chi connectivity index (χ4n) is 4.98. The molecule has 1 amide bonds. The smallest absolute Gasteiger partial charge is 0.389 e. The van der Waals surface area contributed by atoms with Crippen LogP contribution in [0.1, 0.15) is 60.1 Å². The van der Waals surface area contributed by atoms with Crippen LogP contribution in [-0.2, 0) is 4.79 Å². The second kappa shape index (κ2) is 13.0. The first-order chi connectivity index (χ1) is 19.5. The molecule has 3 aromatic rings. The van der Waals surface area contributed by atoms with Crippen molar-refractivity contribution in [1.82, 2.24) is 14.9 Å². The van der Waals surface area contributed by atoms with E-state index in [1.807, 2.05) is 32.0 Å². The molecule has 0 radical (unpaired) electrons. The third-order valence-corrected chi connectivity index (χ3v) is 7.13. The number of carboxylic acids is 1. The predicted octanol–water partition coefficient (Wildman–Crippen LogP) is 6.28. The van der Waals surface area contributed by atoms with Gasteiger partial charge in [-0.1, -0.05) is 18.2 Å². The van der Waals surface area contributed by atoms with E-state index < -0.39 is 30.5 Å². The molecular weight excluding hydrogens is 537 g/mol. The predicted molar refractivity (Wildman–Crippen MR) is 148 cm³/mol. The number of aromatic nitrogens is 2. The van der Waals surface area contributed by atoms with Gasteiger partial charge in [0.05, 0.1) is 18.6 Å². The van der Waals surface area contributed by atoms with Gasteiger partial charge in [-0.05, 0) is 74.1 Å². The van der Waals surface area contributed by atoms with E-state index in [-0.39, 0.29) is 24.9 Å². The zero-order valence-electron chi connectivity index (χ0n) is 22.9. The van der Waals surface area contributed by atoms with Crippen LogP contribution in [0.25, 0.3) is 11.1 Å². The number of carbonyl (C=O) groups excluding carboxylic acids is 1. The number of hydrogen-bond acceptors (Lipinski definition) is 6. The number of piperidine rings is 1. The number of carboxylic acid groups (broad SMARTS) is 1. The highest BCUT2D eigenvalue weighted by molar-refractivity contribution is 5.95. The van der Waals surface area contributed by atoms with Crippen LogP contribution in [0.2, 0.25) is 0 Å². The van der Waals surface area contributed by atoms with E-state index in [0.29, 0.717) is 37.2 Å². The number of likely N-dealkylation sites (tertiary alicyclic amines) is 1. The Morgan fingerprint density at radius 2 is 1.83 bits per heavy atom. The van der Waals surface area contributed by atoms with Gasteiger partial charge in [0.2, 0.25) is 0 Å². The van der Waals surface area contributed by atoms with Crippen molar-refractivity contribution in [2.45, 2.75) is 51.7 Å². The first-order valence-corrected chi connectivity index (χ1v) is 13.5.